The van der Waals surface area contributed by atoms with Crippen molar-refractivity contribution < 1.29 is 13.9 Å². The molecule has 0 aliphatic carbocycles. The number of ether oxygens (including phenoxy) is 1. The van der Waals surface area contributed by atoms with E-state index in [0.717, 1.165) is 22.5 Å². The molecule has 0 bridgehead atoms. The van der Waals surface area contributed by atoms with Gasteiger partial charge in [-0.1, -0.05) is 36.4 Å². The Bertz CT molecular complexity index is 1030. The van der Waals surface area contributed by atoms with E-state index in [1.165, 1.54) is 0 Å². The molecule has 0 N–H and O–H groups in total. The van der Waals surface area contributed by atoms with Crippen molar-refractivity contribution in [1.82, 2.24) is 4.90 Å². The first kappa shape index (κ1) is 16.7. The number of rotatable bonds is 3. The van der Waals surface area contributed by atoms with Gasteiger partial charge in [0.2, 0.25) is 0 Å². The van der Waals surface area contributed by atoms with E-state index in [4.69, 9.17) is 9.15 Å². The number of fused-ring (bicyclic) bond motifs is 1. The lowest BCUT2D eigenvalue weighted by Crippen LogP contribution is -2.33. The number of hydrogen-bond donors (Lipinski definition) is 0. The molecule has 26 heavy (non-hydrogen) atoms. The number of carbonyl (C=O) groups is 1. The minimum Gasteiger partial charge on any atom is -0.496 e. The summed E-state index contributed by atoms with van der Waals surface area (Å²) in [6.07, 6.45) is 0. The van der Waals surface area contributed by atoms with Gasteiger partial charge in [0.15, 0.2) is 0 Å². The van der Waals surface area contributed by atoms with Gasteiger partial charge >= 0.3 is 5.63 Å². The molecule has 132 valence electrons. The fraction of sp³-hybridized carbons (Fsp3) is 0.200. The molecule has 0 unspecified atom stereocenters. The summed E-state index contributed by atoms with van der Waals surface area (Å²) in [5.74, 6) is 1.22. The molecule has 1 fully saturated rings. The minimum absolute atomic E-state index is 0.0612. The molecule has 0 radical (unpaired) electrons. The Morgan fingerprint density at radius 3 is 2.81 bits per heavy atom. The smallest absolute Gasteiger partial charge is 0.349 e. The van der Waals surface area contributed by atoms with Gasteiger partial charge < -0.3 is 14.1 Å². The average molecular weight is 367 g/mol. The fourth-order valence-corrected chi connectivity index (χ4v) is 4.45. The van der Waals surface area contributed by atoms with Crippen LogP contribution in [0.4, 0.5) is 0 Å². The Morgan fingerprint density at radius 2 is 1.96 bits per heavy atom. The minimum atomic E-state index is -0.607. The molecule has 2 aromatic carbocycles. The number of hydrogen-bond acceptors (Lipinski definition) is 5. The van der Waals surface area contributed by atoms with Crippen molar-refractivity contribution in [2.45, 2.75) is 5.37 Å². The zero-order chi connectivity index (χ0) is 18.1. The number of amides is 1. The van der Waals surface area contributed by atoms with E-state index in [0.29, 0.717) is 12.1 Å². The highest BCUT2D eigenvalue weighted by Crippen LogP contribution is 2.42. The van der Waals surface area contributed by atoms with Crippen LogP contribution < -0.4 is 10.4 Å². The second-order valence-electron chi connectivity index (χ2n) is 5.95. The van der Waals surface area contributed by atoms with Gasteiger partial charge in [0, 0.05) is 23.2 Å². The van der Waals surface area contributed by atoms with Crippen LogP contribution in [0.25, 0.3) is 11.0 Å². The summed E-state index contributed by atoms with van der Waals surface area (Å²) in [6, 6.07) is 16.4. The maximum absolute atomic E-state index is 13.1. The second-order valence-corrected chi connectivity index (χ2v) is 7.14. The van der Waals surface area contributed by atoms with Crippen LogP contribution in [-0.2, 0) is 0 Å². The number of methoxy groups -OCH3 is 1. The first-order chi connectivity index (χ1) is 12.7. The Labute approximate surface area is 154 Å². The number of nitrogens with zero attached hydrogens (tertiary/aromatic N) is 1. The third kappa shape index (κ3) is 2.86. The predicted molar refractivity (Wildman–Crippen MR) is 102 cm³/mol. The monoisotopic (exact) mass is 367 g/mol. The quantitative estimate of drug-likeness (QED) is 0.661. The van der Waals surface area contributed by atoms with Gasteiger partial charge in [0.25, 0.3) is 5.91 Å². The third-order valence-corrected chi connectivity index (χ3v) is 5.67. The molecule has 1 atom stereocenters. The average Bonchev–Trinajstić information content (AvgIpc) is 3.16. The van der Waals surface area contributed by atoms with Crippen molar-refractivity contribution in [2.75, 3.05) is 19.4 Å². The Morgan fingerprint density at radius 1 is 1.19 bits per heavy atom. The molecule has 5 nitrogen and oxygen atoms in total. The molecule has 4 rings (SSSR count). The molecule has 1 saturated heterocycles. The van der Waals surface area contributed by atoms with Crippen molar-refractivity contribution in [3.63, 3.8) is 0 Å². The SMILES string of the molecule is COc1ccccc1[C@@H]1SCCN1C(=O)c1cc2ccccc2oc1=O. The topological polar surface area (TPSA) is 59.8 Å². The third-order valence-electron chi connectivity index (χ3n) is 4.43. The molecule has 2 heterocycles. The summed E-state index contributed by atoms with van der Waals surface area (Å²) >= 11 is 1.66. The van der Waals surface area contributed by atoms with E-state index in [-0.39, 0.29) is 16.8 Å². The Hall–Kier alpha value is -2.73. The van der Waals surface area contributed by atoms with Crippen LogP contribution in [-0.4, -0.2) is 30.2 Å². The molecule has 1 aliphatic heterocycles. The molecule has 0 spiro atoms. The van der Waals surface area contributed by atoms with E-state index in [9.17, 15) is 9.59 Å². The largest absolute Gasteiger partial charge is 0.496 e. The highest BCUT2D eigenvalue weighted by molar-refractivity contribution is 7.99. The van der Waals surface area contributed by atoms with E-state index in [1.54, 1.807) is 42.0 Å². The summed E-state index contributed by atoms with van der Waals surface area (Å²) in [5, 5.41) is 0.542. The van der Waals surface area contributed by atoms with Crippen molar-refractivity contribution in [2.24, 2.45) is 0 Å². The van der Waals surface area contributed by atoms with Crippen LogP contribution >= 0.6 is 11.8 Å². The van der Waals surface area contributed by atoms with Crippen molar-refractivity contribution in [3.05, 3.63) is 76.1 Å². The van der Waals surface area contributed by atoms with Crippen LogP contribution in [0.3, 0.4) is 0 Å². The van der Waals surface area contributed by atoms with Gasteiger partial charge in [-0.25, -0.2) is 4.79 Å². The molecule has 1 aromatic heterocycles. The maximum Gasteiger partial charge on any atom is 0.349 e. The van der Waals surface area contributed by atoms with E-state index in [2.05, 4.69) is 0 Å². The van der Waals surface area contributed by atoms with E-state index in [1.807, 2.05) is 36.4 Å². The van der Waals surface area contributed by atoms with Crippen molar-refractivity contribution in [1.29, 1.82) is 0 Å². The van der Waals surface area contributed by atoms with Gasteiger partial charge in [-0.3, -0.25) is 4.79 Å². The molecule has 1 aliphatic rings. The summed E-state index contributed by atoms with van der Waals surface area (Å²) in [7, 11) is 1.61. The first-order valence-electron chi connectivity index (χ1n) is 8.27. The van der Waals surface area contributed by atoms with Gasteiger partial charge in [-0.15, -0.1) is 11.8 Å². The first-order valence-corrected chi connectivity index (χ1v) is 9.32. The predicted octanol–water partition coefficient (Wildman–Crippen LogP) is 3.69. The summed E-state index contributed by atoms with van der Waals surface area (Å²) < 4.78 is 10.8. The van der Waals surface area contributed by atoms with E-state index >= 15 is 0 Å². The summed E-state index contributed by atoms with van der Waals surface area (Å²) in [5.41, 5.74) is 0.859. The lowest BCUT2D eigenvalue weighted by molar-refractivity contribution is 0.0755. The Balaban J connectivity index is 1.73. The van der Waals surface area contributed by atoms with Gasteiger partial charge in [-0.2, -0.15) is 0 Å². The number of para-hydroxylation sites is 2. The number of benzene rings is 2. The standard InChI is InChI=1S/C20H17NO4S/c1-24-17-9-5-3-7-14(17)19-21(10-11-26-19)18(22)15-12-13-6-2-4-8-16(13)25-20(15)23/h2-9,12,19H,10-11H2,1H3/t19-/m0/s1. The molecule has 1 amide bonds. The molecular formula is C20H17NO4S. The van der Waals surface area contributed by atoms with Crippen molar-refractivity contribution in [3.8, 4) is 5.75 Å². The lowest BCUT2D eigenvalue weighted by atomic mass is 10.1. The normalized spacial score (nSPS) is 16.8. The summed E-state index contributed by atoms with van der Waals surface area (Å²) in [4.78, 5) is 27.2. The van der Waals surface area contributed by atoms with Gasteiger partial charge in [-0.05, 0) is 18.2 Å². The number of carbonyl (C=O) groups excluding carboxylic acids is 1. The van der Waals surface area contributed by atoms with Crippen LogP contribution in [0, 0.1) is 0 Å². The highest BCUT2D eigenvalue weighted by atomic mass is 32.2. The molecular weight excluding hydrogens is 350 g/mol. The fourth-order valence-electron chi connectivity index (χ4n) is 3.17. The van der Waals surface area contributed by atoms with Crippen LogP contribution in [0.1, 0.15) is 21.3 Å². The van der Waals surface area contributed by atoms with Gasteiger partial charge in [0.1, 0.15) is 22.3 Å². The zero-order valence-electron chi connectivity index (χ0n) is 14.2. The van der Waals surface area contributed by atoms with Crippen LogP contribution in [0.5, 0.6) is 5.75 Å². The molecule has 3 aromatic rings. The molecule has 0 saturated carbocycles. The zero-order valence-corrected chi connectivity index (χ0v) is 15.0. The van der Waals surface area contributed by atoms with Crippen molar-refractivity contribution >= 4 is 28.6 Å². The lowest BCUT2D eigenvalue weighted by Gasteiger charge is -2.25. The highest BCUT2D eigenvalue weighted by Gasteiger charge is 2.34. The van der Waals surface area contributed by atoms with E-state index < -0.39 is 5.63 Å². The summed E-state index contributed by atoms with van der Waals surface area (Å²) in [6.45, 7) is 0.568. The molecule has 6 heteroatoms. The van der Waals surface area contributed by atoms with Gasteiger partial charge in [0.05, 0.1) is 7.11 Å². The second kappa shape index (κ2) is 6.88. The Kier molecular flexibility index (Phi) is 4.42. The maximum atomic E-state index is 13.1. The van der Waals surface area contributed by atoms with Crippen LogP contribution in [0.15, 0.2) is 63.8 Å². The number of thioether (sulfide) groups is 1. The van der Waals surface area contributed by atoms with Crippen LogP contribution in [0.2, 0.25) is 0 Å².